The van der Waals surface area contributed by atoms with Crippen LogP contribution in [0.4, 0.5) is 20.6 Å². The molecule has 0 radical (unpaired) electrons. The lowest BCUT2D eigenvalue weighted by Gasteiger charge is -2.19. The summed E-state index contributed by atoms with van der Waals surface area (Å²) < 4.78 is 39.5. The highest BCUT2D eigenvalue weighted by molar-refractivity contribution is 7.92. The monoisotopic (exact) mass is 377 g/mol. The number of hydrogen-bond donors (Lipinski definition) is 2. The van der Waals surface area contributed by atoms with Gasteiger partial charge < -0.3 is 10.6 Å². The van der Waals surface area contributed by atoms with Crippen molar-refractivity contribution in [3.8, 4) is 0 Å². The first-order valence-corrected chi connectivity index (χ1v) is 9.87. The molecule has 0 spiro atoms. The van der Waals surface area contributed by atoms with Crippen molar-refractivity contribution in [1.82, 2.24) is 5.32 Å². The number of rotatable bonds is 5. The highest BCUT2D eigenvalue weighted by Crippen LogP contribution is 2.29. The van der Waals surface area contributed by atoms with Crippen molar-refractivity contribution in [2.45, 2.75) is 13.3 Å². The van der Waals surface area contributed by atoms with Gasteiger partial charge in [-0.3, -0.25) is 4.31 Å². The minimum absolute atomic E-state index is 0.0208. The summed E-state index contributed by atoms with van der Waals surface area (Å²) in [6.45, 7) is 2.07. The van der Waals surface area contributed by atoms with Crippen molar-refractivity contribution in [1.29, 1.82) is 0 Å². The van der Waals surface area contributed by atoms with Crippen molar-refractivity contribution >= 4 is 27.4 Å². The molecule has 6 nitrogen and oxygen atoms in total. The first-order valence-electron chi connectivity index (χ1n) is 8.26. The van der Waals surface area contributed by atoms with E-state index >= 15 is 0 Å². The third kappa shape index (κ3) is 3.96. The molecule has 0 unspecified atom stereocenters. The Kier molecular flexibility index (Phi) is 5.13. The number of nitrogens with zero attached hydrogens (tertiary/aromatic N) is 1. The summed E-state index contributed by atoms with van der Waals surface area (Å²) in [5.41, 5.74) is 2.77. The van der Waals surface area contributed by atoms with Crippen LogP contribution in [0.25, 0.3) is 0 Å². The molecule has 2 N–H and O–H groups in total. The van der Waals surface area contributed by atoms with Gasteiger partial charge in [0.15, 0.2) is 0 Å². The molecule has 0 atom stereocenters. The molecule has 0 bridgehead atoms. The maximum Gasteiger partial charge on any atom is 0.319 e. The van der Waals surface area contributed by atoms with Crippen LogP contribution in [0.15, 0.2) is 42.5 Å². The van der Waals surface area contributed by atoms with E-state index in [1.54, 1.807) is 13.0 Å². The molecule has 26 heavy (non-hydrogen) atoms. The highest BCUT2D eigenvalue weighted by Gasteiger charge is 2.28. The van der Waals surface area contributed by atoms with Gasteiger partial charge in [0.2, 0.25) is 10.0 Å². The van der Waals surface area contributed by atoms with E-state index in [0.717, 1.165) is 5.56 Å². The van der Waals surface area contributed by atoms with E-state index in [1.807, 2.05) is 18.2 Å². The van der Waals surface area contributed by atoms with Crippen LogP contribution in [0.3, 0.4) is 0 Å². The SMILES string of the molecule is Cc1cc(F)ccc1NC(=O)NCCS(=O)(=O)N1CCc2ccccc21. The van der Waals surface area contributed by atoms with Crippen LogP contribution in [0.5, 0.6) is 0 Å². The number of halogens is 1. The van der Waals surface area contributed by atoms with Crippen molar-refractivity contribution in [2.24, 2.45) is 0 Å². The Morgan fingerprint density at radius 2 is 2.00 bits per heavy atom. The van der Waals surface area contributed by atoms with Crippen LogP contribution in [0, 0.1) is 12.7 Å². The number of urea groups is 1. The third-order valence-electron chi connectivity index (χ3n) is 4.26. The summed E-state index contributed by atoms with van der Waals surface area (Å²) in [4.78, 5) is 11.9. The van der Waals surface area contributed by atoms with E-state index < -0.39 is 16.1 Å². The molecule has 2 aromatic carbocycles. The molecule has 0 saturated carbocycles. The van der Waals surface area contributed by atoms with Crippen LogP contribution in [0.2, 0.25) is 0 Å². The molecule has 2 amide bonds. The molecule has 2 aromatic rings. The van der Waals surface area contributed by atoms with Crippen molar-refractivity contribution in [2.75, 3.05) is 28.5 Å². The van der Waals surface area contributed by atoms with Gasteiger partial charge in [-0.2, -0.15) is 0 Å². The number of fused-ring (bicyclic) bond motifs is 1. The zero-order chi connectivity index (χ0) is 18.7. The number of aryl methyl sites for hydroxylation is 1. The Hall–Kier alpha value is -2.61. The summed E-state index contributed by atoms with van der Waals surface area (Å²) >= 11 is 0. The third-order valence-corrected chi connectivity index (χ3v) is 6.03. The average Bonchev–Trinajstić information content (AvgIpc) is 3.02. The number of carbonyl (C=O) groups excluding carboxylic acids is 1. The Bertz CT molecular complexity index is 931. The minimum atomic E-state index is -3.51. The predicted octanol–water partition coefficient (Wildman–Crippen LogP) is 2.65. The number of para-hydroxylation sites is 1. The van der Waals surface area contributed by atoms with E-state index in [-0.39, 0.29) is 18.1 Å². The number of benzene rings is 2. The van der Waals surface area contributed by atoms with Gasteiger partial charge in [0.1, 0.15) is 5.82 Å². The molecule has 0 saturated heterocycles. The van der Waals surface area contributed by atoms with Crippen LogP contribution >= 0.6 is 0 Å². The Balaban J connectivity index is 1.55. The van der Waals surface area contributed by atoms with Crippen LogP contribution in [-0.4, -0.2) is 33.3 Å². The van der Waals surface area contributed by atoms with Crippen molar-refractivity contribution < 1.29 is 17.6 Å². The molecular weight excluding hydrogens is 357 g/mol. The summed E-state index contributed by atoms with van der Waals surface area (Å²) in [5.74, 6) is -0.581. The standard InChI is InChI=1S/C18H20FN3O3S/c1-13-12-15(19)6-7-16(13)21-18(23)20-9-11-26(24,25)22-10-8-14-4-2-3-5-17(14)22/h2-7,12H,8-11H2,1H3,(H2,20,21,23). The maximum atomic E-state index is 13.1. The fourth-order valence-corrected chi connectivity index (χ4v) is 4.36. The lowest BCUT2D eigenvalue weighted by atomic mass is 10.2. The lowest BCUT2D eigenvalue weighted by Crippen LogP contribution is -2.38. The molecule has 3 rings (SSSR count). The quantitative estimate of drug-likeness (QED) is 0.841. The van der Waals surface area contributed by atoms with E-state index in [2.05, 4.69) is 10.6 Å². The van der Waals surface area contributed by atoms with Gasteiger partial charge in [0.05, 0.1) is 11.4 Å². The number of sulfonamides is 1. The Morgan fingerprint density at radius 3 is 2.77 bits per heavy atom. The highest BCUT2D eigenvalue weighted by atomic mass is 32.2. The Morgan fingerprint density at radius 1 is 1.23 bits per heavy atom. The van der Waals surface area contributed by atoms with Gasteiger partial charge in [0, 0.05) is 18.8 Å². The summed E-state index contributed by atoms with van der Waals surface area (Å²) in [7, 11) is -3.51. The number of hydrogen-bond acceptors (Lipinski definition) is 3. The number of amides is 2. The zero-order valence-electron chi connectivity index (χ0n) is 14.3. The molecule has 1 aliphatic rings. The number of anilines is 2. The van der Waals surface area contributed by atoms with Crippen LogP contribution in [0.1, 0.15) is 11.1 Å². The van der Waals surface area contributed by atoms with Crippen LogP contribution < -0.4 is 14.9 Å². The van der Waals surface area contributed by atoms with E-state index in [1.165, 1.54) is 22.5 Å². The topological polar surface area (TPSA) is 78.5 Å². The Labute approximate surface area is 152 Å². The lowest BCUT2D eigenvalue weighted by molar-refractivity contribution is 0.252. The van der Waals surface area contributed by atoms with E-state index in [0.29, 0.717) is 29.9 Å². The first kappa shape index (κ1) is 18.2. The molecule has 1 aliphatic heterocycles. The van der Waals surface area contributed by atoms with Gasteiger partial charge >= 0.3 is 6.03 Å². The zero-order valence-corrected chi connectivity index (χ0v) is 15.1. The van der Waals surface area contributed by atoms with Gasteiger partial charge in [-0.05, 0) is 48.7 Å². The number of carbonyl (C=O) groups is 1. The van der Waals surface area contributed by atoms with Gasteiger partial charge in [-0.15, -0.1) is 0 Å². The first-order chi connectivity index (χ1) is 12.4. The maximum absolute atomic E-state index is 13.1. The van der Waals surface area contributed by atoms with Crippen molar-refractivity contribution in [3.63, 3.8) is 0 Å². The second-order valence-corrected chi connectivity index (χ2v) is 8.12. The second kappa shape index (κ2) is 7.33. The van der Waals surface area contributed by atoms with Gasteiger partial charge in [-0.25, -0.2) is 17.6 Å². The van der Waals surface area contributed by atoms with E-state index in [9.17, 15) is 17.6 Å². The predicted molar refractivity (Wildman–Crippen MR) is 99.4 cm³/mol. The fourth-order valence-electron chi connectivity index (χ4n) is 2.93. The minimum Gasteiger partial charge on any atom is -0.337 e. The molecule has 0 aliphatic carbocycles. The number of nitrogens with one attached hydrogen (secondary N) is 2. The molecule has 138 valence electrons. The van der Waals surface area contributed by atoms with E-state index in [4.69, 9.17) is 0 Å². The second-order valence-electron chi connectivity index (χ2n) is 6.11. The van der Waals surface area contributed by atoms with Crippen LogP contribution in [-0.2, 0) is 16.4 Å². The van der Waals surface area contributed by atoms with Gasteiger partial charge in [0.25, 0.3) is 0 Å². The largest absolute Gasteiger partial charge is 0.337 e. The molecule has 8 heteroatoms. The summed E-state index contributed by atoms with van der Waals surface area (Å²) in [6, 6.07) is 10.9. The average molecular weight is 377 g/mol. The fraction of sp³-hybridized carbons (Fsp3) is 0.278. The molecule has 0 aromatic heterocycles. The van der Waals surface area contributed by atoms with Crippen molar-refractivity contribution in [3.05, 3.63) is 59.4 Å². The summed E-state index contributed by atoms with van der Waals surface area (Å²) in [6.07, 6.45) is 0.688. The molecule has 1 heterocycles. The smallest absolute Gasteiger partial charge is 0.319 e. The normalized spacial score (nSPS) is 13.4. The molecule has 0 fully saturated rings. The summed E-state index contributed by atoms with van der Waals surface area (Å²) in [5, 5.41) is 5.11. The van der Waals surface area contributed by atoms with Gasteiger partial charge in [-0.1, -0.05) is 18.2 Å². The molecular formula is C18H20FN3O3S.